The van der Waals surface area contributed by atoms with E-state index in [-0.39, 0.29) is 5.75 Å². The van der Waals surface area contributed by atoms with Gasteiger partial charge in [0.05, 0.1) is 5.02 Å². The molecule has 1 rings (SSSR count). The smallest absolute Gasteiger partial charge is 0.138 e. The average molecular weight is 276 g/mol. The second-order valence-corrected chi connectivity index (χ2v) is 6.23. The van der Waals surface area contributed by atoms with Gasteiger partial charge in [-0.2, -0.15) is 0 Å². The molecular weight excluding hydrogens is 257 g/mol. The van der Waals surface area contributed by atoms with Gasteiger partial charge in [-0.1, -0.05) is 44.0 Å². The van der Waals surface area contributed by atoms with Gasteiger partial charge >= 0.3 is 0 Å². The third-order valence-electron chi connectivity index (χ3n) is 2.47. The predicted octanol–water partition coefficient (Wildman–Crippen LogP) is 4.22. The summed E-state index contributed by atoms with van der Waals surface area (Å²) in [6, 6.07) is 3.27. The molecule has 1 aromatic rings. The lowest BCUT2D eigenvalue weighted by atomic mass is 9.92. The molecule has 0 saturated carbocycles. The summed E-state index contributed by atoms with van der Waals surface area (Å²) in [4.78, 5) is 0. The van der Waals surface area contributed by atoms with Crippen LogP contribution in [0.25, 0.3) is 0 Å². The van der Waals surface area contributed by atoms with Crippen LogP contribution >= 0.6 is 23.2 Å². The van der Waals surface area contributed by atoms with Gasteiger partial charge in [0.1, 0.15) is 5.75 Å². The highest BCUT2D eigenvalue weighted by Gasteiger charge is 2.10. The first-order chi connectivity index (χ1) is 7.79. The zero-order chi connectivity index (χ0) is 13.1. The van der Waals surface area contributed by atoms with E-state index in [0.29, 0.717) is 22.0 Å². The average Bonchev–Trinajstić information content (AvgIpc) is 2.18. The topological polar surface area (TPSA) is 32.3 Å². The first-order valence-corrected chi connectivity index (χ1v) is 6.43. The Morgan fingerprint density at radius 2 is 1.88 bits per heavy atom. The maximum atomic E-state index is 9.75. The molecule has 0 aromatic heterocycles. The number of benzene rings is 1. The number of phenolic OH excluding ortho intramolecular Hbond substituents is 1. The minimum absolute atomic E-state index is 0.110. The summed E-state index contributed by atoms with van der Waals surface area (Å²) in [6.45, 7) is 8.06. The van der Waals surface area contributed by atoms with Gasteiger partial charge in [0.25, 0.3) is 0 Å². The second kappa shape index (κ2) is 5.94. The highest BCUT2D eigenvalue weighted by molar-refractivity contribution is 6.35. The predicted molar refractivity (Wildman–Crippen MR) is 73.9 cm³/mol. The Morgan fingerprint density at radius 3 is 2.47 bits per heavy atom. The molecule has 0 amide bonds. The summed E-state index contributed by atoms with van der Waals surface area (Å²) in [5.41, 5.74) is 1.04. The number of nitrogens with one attached hydrogen (secondary N) is 1. The van der Waals surface area contributed by atoms with Crippen LogP contribution in [-0.2, 0) is 6.54 Å². The van der Waals surface area contributed by atoms with Gasteiger partial charge in [-0.15, -0.1) is 0 Å². The van der Waals surface area contributed by atoms with E-state index in [4.69, 9.17) is 23.2 Å². The number of aromatic hydroxyl groups is 1. The van der Waals surface area contributed by atoms with Crippen molar-refractivity contribution >= 4 is 23.2 Å². The van der Waals surface area contributed by atoms with Crippen LogP contribution in [0.5, 0.6) is 5.75 Å². The van der Waals surface area contributed by atoms with Gasteiger partial charge in [0.2, 0.25) is 0 Å². The second-order valence-electron chi connectivity index (χ2n) is 5.38. The van der Waals surface area contributed by atoms with E-state index in [1.807, 2.05) is 0 Å². The molecule has 0 atom stereocenters. The number of hydrogen-bond donors (Lipinski definition) is 2. The molecule has 0 fully saturated rings. The Bertz CT molecular complexity index is 386. The number of halogens is 2. The van der Waals surface area contributed by atoms with Crippen molar-refractivity contribution in [1.29, 1.82) is 0 Å². The Kier molecular flexibility index (Phi) is 5.11. The maximum absolute atomic E-state index is 9.75. The van der Waals surface area contributed by atoms with E-state index in [2.05, 4.69) is 26.1 Å². The largest absolute Gasteiger partial charge is 0.506 e. The molecule has 0 bridgehead atoms. The third kappa shape index (κ3) is 5.15. The molecule has 1 aromatic carbocycles. The maximum Gasteiger partial charge on any atom is 0.138 e. The fraction of sp³-hybridized carbons (Fsp3) is 0.538. The molecular formula is C13H19Cl2NO. The lowest BCUT2D eigenvalue weighted by Gasteiger charge is -2.18. The molecule has 0 aliphatic carbocycles. The zero-order valence-electron chi connectivity index (χ0n) is 10.5. The number of phenols is 1. The van der Waals surface area contributed by atoms with E-state index in [9.17, 15) is 5.11 Å². The molecule has 0 saturated heterocycles. The summed E-state index contributed by atoms with van der Waals surface area (Å²) < 4.78 is 0. The fourth-order valence-electron chi connectivity index (χ4n) is 1.44. The number of hydrogen-bond acceptors (Lipinski definition) is 2. The van der Waals surface area contributed by atoms with Crippen molar-refractivity contribution in [2.75, 3.05) is 6.54 Å². The minimum Gasteiger partial charge on any atom is -0.506 e. The Morgan fingerprint density at radius 1 is 1.24 bits per heavy atom. The Hall–Kier alpha value is -0.440. The molecule has 0 heterocycles. The molecule has 2 nitrogen and oxygen atoms in total. The van der Waals surface area contributed by atoms with Crippen molar-refractivity contribution < 1.29 is 5.11 Å². The van der Waals surface area contributed by atoms with E-state index >= 15 is 0 Å². The molecule has 0 radical (unpaired) electrons. The minimum atomic E-state index is 0.110. The van der Waals surface area contributed by atoms with Crippen LogP contribution in [0.2, 0.25) is 10.0 Å². The lowest BCUT2D eigenvalue weighted by Crippen LogP contribution is -2.20. The fourth-order valence-corrected chi connectivity index (χ4v) is 1.98. The molecule has 0 aliphatic rings. The number of rotatable bonds is 4. The lowest BCUT2D eigenvalue weighted by molar-refractivity contribution is 0.365. The first kappa shape index (κ1) is 14.6. The summed E-state index contributed by atoms with van der Waals surface area (Å²) >= 11 is 11.7. The van der Waals surface area contributed by atoms with Gasteiger partial charge in [-0.05, 0) is 30.5 Å². The summed E-state index contributed by atoms with van der Waals surface area (Å²) in [6.07, 6.45) is 1.07. The van der Waals surface area contributed by atoms with Crippen LogP contribution in [0.3, 0.4) is 0 Å². The highest BCUT2D eigenvalue weighted by Crippen LogP contribution is 2.31. The highest BCUT2D eigenvalue weighted by atomic mass is 35.5. The third-order valence-corrected chi connectivity index (χ3v) is 2.98. The van der Waals surface area contributed by atoms with Crippen molar-refractivity contribution in [3.05, 3.63) is 27.7 Å². The summed E-state index contributed by atoms with van der Waals surface area (Å²) in [7, 11) is 0. The standard InChI is InChI=1S/C13H19Cl2NO/c1-13(2,3)4-5-16-8-9-6-10(14)7-11(15)12(9)17/h6-7,16-17H,4-5,8H2,1-3H3. The van der Waals surface area contributed by atoms with Gasteiger partial charge < -0.3 is 10.4 Å². The van der Waals surface area contributed by atoms with Gasteiger partial charge in [-0.3, -0.25) is 0 Å². The van der Waals surface area contributed by atoms with Crippen molar-refractivity contribution in [3.63, 3.8) is 0 Å². The molecule has 17 heavy (non-hydrogen) atoms. The van der Waals surface area contributed by atoms with E-state index in [1.165, 1.54) is 6.07 Å². The van der Waals surface area contributed by atoms with Crippen LogP contribution in [-0.4, -0.2) is 11.7 Å². The first-order valence-electron chi connectivity index (χ1n) is 5.67. The molecule has 2 N–H and O–H groups in total. The van der Waals surface area contributed by atoms with Crippen LogP contribution in [0.4, 0.5) is 0 Å². The van der Waals surface area contributed by atoms with Gasteiger partial charge in [0.15, 0.2) is 0 Å². The molecule has 4 heteroatoms. The van der Waals surface area contributed by atoms with Crippen LogP contribution in [0.1, 0.15) is 32.8 Å². The quantitative estimate of drug-likeness (QED) is 0.807. The molecule has 96 valence electrons. The van der Waals surface area contributed by atoms with E-state index < -0.39 is 0 Å². The van der Waals surface area contributed by atoms with Crippen molar-refractivity contribution in [2.45, 2.75) is 33.7 Å². The Balaban J connectivity index is 2.52. The monoisotopic (exact) mass is 275 g/mol. The SMILES string of the molecule is CC(C)(C)CCNCc1cc(Cl)cc(Cl)c1O. The van der Waals surface area contributed by atoms with Gasteiger partial charge in [0, 0.05) is 17.1 Å². The van der Waals surface area contributed by atoms with E-state index in [1.54, 1.807) is 6.07 Å². The summed E-state index contributed by atoms with van der Waals surface area (Å²) in [5.74, 6) is 0.110. The normalized spacial score (nSPS) is 11.8. The van der Waals surface area contributed by atoms with Gasteiger partial charge in [-0.25, -0.2) is 0 Å². The van der Waals surface area contributed by atoms with Crippen molar-refractivity contribution in [3.8, 4) is 5.75 Å². The molecule has 0 aliphatic heterocycles. The Labute approximate surface area is 113 Å². The van der Waals surface area contributed by atoms with Crippen molar-refractivity contribution in [1.82, 2.24) is 5.32 Å². The molecule has 0 unspecified atom stereocenters. The van der Waals surface area contributed by atoms with Crippen molar-refractivity contribution in [2.24, 2.45) is 5.41 Å². The summed E-state index contributed by atoms with van der Waals surface area (Å²) in [5, 5.41) is 13.9. The molecule has 0 spiro atoms. The zero-order valence-corrected chi connectivity index (χ0v) is 12.0. The van der Waals surface area contributed by atoms with Crippen LogP contribution in [0, 0.1) is 5.41 Å². The van der Waals surface area contributed by atoms with Crippen LogP contribution < -0.4 is 5.32 Å². The van der Waals surface area contributed by atoms with E-state index in [0.717, 1.165) is 18.5 Å². The van der Waals surface area contributed by atoms with Crippen LogP contribution in [0.15, 0.2) is 12.1 Å².